The molecule has 4 heteroatoms. The summed E-state index contributed by atoms with van der Waals surface area (Å²) < 4.78 is 5.06. The van der Waals surface area contributed by atoms with E-state index in [1.165, 1.54) is 24.3 Å². The van der Waals surface area contributed by atoms with Gasteiger partial charge in [-0.15, -0.1) is 0 Å². The van der Waals surface area contributed by atoms with E-state index in [0.29, 0.717) is 5.75 Å². The molecule has 0 heterocycles. The molecule has 0 amide bonds. The van der Waals surface area contributed by atoms with Crippen molar-refractivity contribution in [3.8, 4) is 11.5 Å². The van der Waals surface area contributed by atoms with Crippen LogP contribution in [0.2, 0.25) is 0 Å². The van der Waals surface area contributed by atoms with Crippen molar-refractivity contribution >= 4 is 0 Å². The first-order valence-corrected chi connectivity index (χ1v) is 3.91. The average Bonchev–Trinajstić information content (AvgIpc) is 2.16. The summed E-state index contributed by atoms with van der Waals surface area (Å²) in [5.41, 5.74) is 0. The lowest BCUT2D eigenvalue weighted by molar-refractivity contribution is 0.0536. The zero-order valence-electron chi connectivity index (χ0n) is 7.01. The molecule has 0 bridgehead atoms. The fourth-order valence-corrected chi connectivity index (χ4v) is 0.781. The van der Waals surface area contributed by atoms with Gasteiger partial charge >= 0.3 is 0 Å². The molecule has 0 aliphatic heterocycles. The molecule has 0 spiro atoms. The first-order chi connectivity index (χ1) is 6.22. The van der Waals surface area contributed by atoms with Gasteiger partial charge in [0.15, 0.2) is 5.75 Å². The van der Waals surface area contributed by atoms with Gasteiger partial charge in [0.05, 0.1) is 6.61 Å². The number of benzene rings is 1. The van der Waals surface area contributed by atoms with Crippen molar-refractivity contribution in [3.63, 3.8) is 0 Å². The van der Waals surface area contributed by atoms with Crippen LogP contribution in [0.15, 0.2) is 24.3 Å². The Kier molecular flexibility index (Phi) is 3.54. The van der Waals surface area contributed by atoms with E-state index < -0.39 is 6.10 Å². The van der Waals surface area contributed by atoms with Crippen molar-refractivity contribution in [2.24, 2.45) is 0 Å². The molecule has 0 aromatic heterocycles. The minimum absolute atomic E-state index is 0.0225. The minimum Gasteiger partial charge on any atom is -0.491 e. The van der Waals surface area contributed by atoms with Crippen LogP contribution >= 0.6 is 0 Å². The monoisotopic (exact) mass is 183 g/mol. The highest BCUT2D eigenvalue weighted by Crippen LogP contribution is 2.16. The second kappa shape index (κ2) is 4.69. The van der Waals surface area contributed by atoms with Gasteiger partial charge in [-0.05, 0) is 24.3 Å². The third kappa shape index (κ3) is 3.31. The number of aliphatic hydroxyl groups is 2. The van der Waals surface area contributed by atoms with E-state index in [9.17, 15) is 5.11 Å². The largest absolute Gasteiger partial charge is 0.491 e. The van der Waals surface area contributed by atoms with Crippen LogP contribution in [0.25, 0.3) is 0 Å². The van der Waals surface area contributed by atoms with Crippen molar-refractivity contribution in [3.05, 3.63) is 24.3 Å². The molecule has 1 aromatic carbocycles. The van der Waals surface area contributed by atoms with E-state index in [0.717, 1.165) is 0 Å². The van der Waals surface area contributed by atoms with Gasteiger partial charge in [0.1, 0.15) is 18.5 Å². The Hall–Kier alpha value is -1.26. The van der Waals surface area contributed by atoms with E-state index in [4.69, 9.17) is 14.9 Å². The summed E-state index contributed by atoms with van der Waals surface area (Å²) in [6.45, 7) is -0.311. The van der Waals surface area contributed by atoms with E-state index in [2.05, 4.69) is 0 Å². The molecule has 13 heavy (non-hydrogen) atoms. The minimum atomic E-state index is -0.882. The lowest BCUT2D eigenvalue weighted by atomic mass is 10.3. The molecule has 0 aliphatic carbocycles. The summed E-state index contributed by atoms with van der Waals surface area (Å²) >= 11 is 0. The summed E-state index contributed by atoms with van der Waals surface area (Å²) in [5, 5.41) is 28.1. The van der Waals surface area contributed by atoms with Gasteiger partial charge in [-0.3, -0.25) is 5.11 Å². The molecular weight excluding hydrogens is 172 g/mol. The Bertz CT molecular complexity index is 244. The van der Waals surface area contributed by atoms with Crippen molar-refractivity contribution in [2.45, 2.75) is 6.10 Å². The van der Waals surface area contributed by atoms with Crippen molar-refractivity contribution < 1.29 is 20.1 Å². The van der Waals surface area contributed by atoms with Crippen molar-refractivity contribution in [1.29, 1.82) is 0 Å². The summed E-state index contributed by atoms with van der Waals surface area (Å²) in [7, 11) is 0. The topological polar surface area (TPSA) is 69.6 Å². The maximum Gasteiger partial charge on any atom is 0.178 e. The summed E-state index contributed by atoms with van der Waals surface area (Å²) in [6, 6.07) is 5.79. The zero-order valence-corrected chi connectivity index (χ0v) is 7.01. The van der Waals surface area contributed by atoms with Crippen molar-refractivity contribution in [1.82, 2.24) is 0 Å². The molecule has 0 fully saturated rings. The second-order valence-corrected chi connectivity index (χ2v) is 2.62. The number of hydrogen-bond acceptors (Lipinski definition) is 3. The van der Waals surface area contributed by atoms with Crippen LogP contribution in [-0.4, -0.2) is 29.5 Å². The van der Waals surface area contributed by atoms with Crippen LogP contribution in [0, 0.1) is 0 Å². The molecule has 1 aromatic rings. The van der Waals surface area contributed by atoms with Gasteiger partial charge in [0.2, 0.25) is 0 Å². The van der Waals surface area contributed by atoms with Crippen LogP contribution in [0.4, 0.5) is 0 Å². The van der Waals surface area contributed by atoms with Crippen LogP contribution in [0.3, 0.4) is 0 Å². The van der Waals surface area contributed by atoms with Gasteiger partial charge in [0, 0.05) is 0 Å². The molecule has 71 valence electrons. The molecule has 4 nitrogen and oxygen atoms in total. The molecule has 2 N–H and O–H groups in total. The molecule has 1 atom stereocenters. The van der Waals surface area contributed by atoms with Gasteiger partial charge in [0.25, 0.3) is 0 Å². The maximum atomic E-state index is 10.7. The molecule has 1 unspecified atom stereocenters. The quantitative estimate of drug-likeness (QED) is 0.716. The Morgan fingerprint density at radius 3 is 2.46 bits per heavy atom. The number of ether oxygens (including phenoxy) is 1. The highest BCUT2D eigenvalue weighted by Gasteiger charge is 2.02. The Balaban J connectivity index is 2.41. The van der Waals surface area contributed by atoms with Crippen LogP contribution in [-0.2, 0) is 5.11 Å². The maximum absolute atomic E-state index is 10.7. The Morgan fingerprint density at radius 2 is 1.92 bits per heavy atom. The van der Waals surface area contributed by atoms with Gasteiger partial charge in [-0.25, -0.2) is 0 Å². The molecule has 1 radical (unpaired) electrons. The SMILES string of the molecule is [O]c1ccc(OCC(O)CO)cc1. The first-order valence-electron chi connectivity index (χ1n) is 3.91. The highest BCUT2D eigenvalue weighted by molar-refractivity contribution is 5.29. The van der Waals surface area contributed by atoms with Gasteiger partial charge in [-0.2, -0.15) is 0 Å². The molecule has 0 aliphatic rings. The van der Waals surface area contributed by atoms with Gasteiger partial charge in [-0.1, -0.05) is 0 Å². The van der Waals surface area contributed by atoms with E-state index in [1.54, 1.807) is 0 Å². The predicted molar refractivity (Wildman–Crippen MR) is 45.2 cm³/mol. The normalized spacial score (nSPS) is 12.5. The van der Waals surface area contributed by atoms with Crippen LogP contribution in [0.1, 0.15) is 0 Å². The summed E-state index contributed by atoms with van der Waals surface area (Å²) in [4.78, 5) is 0. The van der Waals surface area contributed by atoms with Gasteiger partial charge < -0.3 is 14.9 Å². The third-order valence-electron chi connectivity index (χ3n) is 1.48. The Labute approximate surface area is 76.0 Å². The third-order valence-corrected chi connectivity index (χ3v) is 1.48. The standard InChI is InChI=1S/C9H11O4/c10-5-8(12)6-13-9-3-1-7(11)2-4-9/h1-4,8,10,12H,5-6H2. The summed E-state index contributed by atoms with van der Waals surface area (Å²) in [5.74, 6) is 0.419. The number of hydrogen-bond donors (Lipinski definition) is 2. The second-order valence-electron chi connectivity index (χ2n) is 2.62. The fraction of sp³-hybridized carbons (Fsp3) is 0.333. The number of rotatable bonds is 4. The molecule has 1 rings (SSSR count). The van der Waals surface area contributed by atoms with Crippen LogP contribution in [0.5, 0.6) is 11.5 Å². The lowest BCUT2D eigenvalue weighted by Gasteiger charge is -2.08. The molecular formula is C9H11O4. The predicted octanol–water partition coefficient (Wildman–Crippen LogP) is 0.562. The molecule has 0 saturated carbocycles. The van der Waals surface area contributed by atoms with E-state index >= 15 is 0 Å². The fourth-order valence-electron chi connectivity index (χ4n) is 0.781. The average molecular weight is 183 g/mol. The summed E-state index contributed by atoms with van der Waals surface area (Å²) in [6.07, 6.45) is -0.882. The van der Waals surface area contributed by atoms with E-state index in [1.807, 2.05) is 0 Å². The zero-order chi connectivity index (χ0) is 9.68. The van der Waals surface area contributed by atoms with E-state index in [-0.39, 0.29) is 19.0 Å². The first kappa shape index (κ1) is 9.83. The van der Waals surface area contributed by atoms with Crippen LogP contribution < -0.4 is 4.74 Å². The highest BCUT2D eigenvalue weighted by atomic mass is 16.5. The van der Waals surface area contributed by atoms with Crippen molar-refractivity contribution in [2.75, 3.05) is 13.2 Å². The molecule has 0 saturated heterocycles. The number of aliphatic hydroxyl groups excluding tert-OH is 2. The lowest BCUT2D eigenvalue weighted by Crippen LogP contribution is -2.21. The smallest absolute Gasteiger partial charge is 0.178 e. The Morgan fingerprint density at radius 1 is 1.31 bits per heavy atom.